The third kappa shape index (κ3) is 3.23. The zero-order valence-corrected chi connectivity index (χ0v) is 10.5. The molecule has 17 heavy (non-hydrogen) atoms. The standard InChI is InChI=1S/C10H15N5OS/c1-11-10(16)14-8-6-12-9(13-7-8)15-2-4-17-5-3-15/h6-7H,2-5H2,1H3,(H2,11,14,16). The fraction of sp³-hybridized carbons (Fsp3) is 0.500. The Morgan fingerprint density at radius 1 is 1.35 bits per heavy atom. The van der Waals surface area contributed by atoms with Gasteiger partial charge in [0.15, 0.2) is 0 Å². The lowest BCUT2D eigenvalue weighted by Crippen LogP contribution is -2.33. The first-order chi connectivity index (χ1) is 8.29. The molecule has 1 aromatic rings. The first-order valence-corrected chi connectivity index (χ1v) is 6.58. The van der Waals surface area contributed by atoms with Crippen molar-refractivity contribution in [3.05, 3.63) is 12.4 Å². The van der Waals surface area contributed by atoms with Gasteiger partial charge in [0.2, 0.25) is 5.95 Å². The molecule has 0 unspecified atom stereocenters. The number of nitrogens with zero attached hydrogens (tertiary/aromatic N) is 3. The van der Waals surface area contributed by atoms with E-state index in [-0.39, 0.29) is 6.03 Å². The Hall–Kier alpha value is -1.50. The molecule has 2 N–H and O–H groups in total. The van der Waals surface area contributed by atoms with Gasteiger partial charge in [0, 0.05) is 31.6 Å². The second-order valence-corrected chi connectivity index (χ2v) is 4.80. The Morgan fingerprint density at radius 3 is 2.59 bits per heavy atom. The molecule has 0 aromatic carbocycles. The van der Waals surface area contributed by atoms with Crippen molar-refractivity contribution in [1.29, 1.82) is 0 Å². The molecule has 0 aliphatic carbocycles. The van der Waals surface area contributed by atoms with Crippen molar-refractivity contribution in [3.8, 4) is 0 Å². The molecule has 1 aliphatic rings. The number of hydrogen-bond donors (Lipinski definition) is 2. The van der Waals surface area contributed by atoms with Gasteiger partial charge >= 0.3 is 6.03 Å². The van der Waals surface area contributed by atoms with Crippen LogP contribution in [-0.2, 0) is 0 Å². The summed E-state index contributed by atoms with van der Waals surface area (Å²) in [4.78, 5) is 21.7. The molecule has 92 valence electrons. The molecule has 0 bridgehead atoms. The van der Waals surface area contributed by atoms with Crippen LogP contribution < -0.4 is 15.5 Å². The number of amides is 2. The van der Waals surface area contributed by atoms with Gasteiger partial charge in [-0.1, -0.05) is 0 Å². The number of aromatic nitrogens is 2. The highest BCUT2D eigenvalue weighted by molar-refractivity contribution is 7.99. The number of carbonyl (C=O) groups is 1. The molecule has 1 fully saturated rings. The number of anilines is 2. The van der Waals surface area contributed by atoms with E-state index in [4.69, 9.17) is 0 Å². The van der Waals surface area contributed by atoms with Crippen molar-refractivity contribution >= 4 is 29.4 Å². The zero-order valence-electron chi connectivity index (χ0n) is 9.64. The molecule has 0 atom stereocenters. The smallest absolute Gasteiger partial charge is 0.319 e. The van der Waals surface area contributed by atoms with Crippen molar-refractivity contribution in [2.75, 3.05) is 41.9 Å². The molecular weight excluding hydrogens is 238 g/mol. The molecule has 1 saturated heterocycles. The predicted molar refractivity (Wildman–Crippen MR) is 69.6 cm³/mol. The van der Waals surface area contributed by atoms with Gasteiger partial charge in [-0.3, -0.25) is 0 Å². The van der Waals surface area contributed by atoms with Gasteiger partial charge in [0.1, 0.15) is 0 Å². The van der Waals surface area contributed by atoms with E-state index in [1.165, 1.54) is 0 Å². The summed E-state index contributed by atoms with van der Waals surface area (Å²) in [7, 11) is 1.57. The van der Waals surface area contributed by atoms with E-state index in [1.807, 2.05) is 11.8 Å². The molecule has 2 heterocycles. The minimum Gasteiger partial charge on any atom is -0.341 e. The highest BCUT2D eigenvalue weighted by Gasteiger charge is 2.13. The van der Waals surface area contributed by atoms with Crippen LogP contribution in [0.3, 0.4) is 0 Å². The van der Waals surface area contributed by atoms with Crippen molar-refractivity contribution in [2.45, 2.75) is 0 Å². The largest absolute Gasteiger partial charge is 0.341 e. The van der Waals surface area contributed by atoms with Crippen LogP contribution in [0.5, 0.6) is 0 Å². The number of rotatable bonds is 2. The normalized spacial score (nSPS) is 15.5. The maximum atomic E-state index is 11.1. The molecule has 0 radical (unpaired) electrons. The number of nitrogens with one attached hydrogen (secondary N) is 2. The van der Waals surface area contributed by atoms with E-state index < -0.39 is 0 Å². The van der Waals surface area contributed by atoms with Gasteiger partial charge in [-0.2, -0.15) is 11.8 Å². The Kier molecular flexibility index (Phi) is 4.03. The molecule has 0 saturated carbocycles. The quantitative estimate of drug-likeness (QED) is 0.815. The minimum absolute atomic E-state index is 0.268. The van der Waals surface area contributed by atoms with Crippen LogP contribution in [0.2, 0.25) is 0 Å². The van der Waals surface area contributed by atoms with Gasteiger partial charge in [0.25, 0.3) is 0 Å². The number of thioether (sulfide) groups is 1. The third-order valence-electron chi connectivity index (χ3n) is 2.42. The first kappa shape index (κ1) is 12.0. The van der Waals surface area contributed by atoms with Crippen LogP contribution in [0.25, 0.3) is 0 Å². The van der Waals surface area contributed by atoms with Crippen LogP contribution in [0.4, 0.5) is 16.4 Å². The summed E-state index contributed by atoms with van der Waals surface area (Å²) in [5.41, 5.74) is 0.597. The molecule has 6 nitrogen and oxygen atoms in total. The molecule has 7 heteroatoms. The van der Waals surface area contributed by atoms with Crippen molar-refractivity contribution in [3.63, 3.8) is 0 Å². The third-order valence-corrected chi connectivity index (χ3v) is 3.36. The van der Waals surface area contributed by atoms with Gasteiger partial charge < -0.3 is 15.5 Å². The number of urea groups is 1. The summed E-state index contributed by atoms with van der Waals surface area (Å²) in [6.45, 7) is 1.96. The molecule has 1 aliphatic heterocycles. The molecule has 1 aromatic heterocycles. The van der Waals surface area contributed by atoms with E-state index in [0.717, 1.165) is 30.5 Å². The lowest BCUT2D eigenvalue weighted by atomic mass is 10.5. The van der Waals surface area contributed by atoms with Crippen LogP contribution in [-0.4, -0.2) is 47.6 Å². The summed E-state index contributed by atoms with van der Waals surface area (Å²) in [6, 6.07) is -0.268. The van der Waals surface area contributed by atoms with Gasteiger partial charge in [0.05, 0.1) is 18.1 Å². The van der Waals surface area contributed by atoms with Crippen molar-refractivity contribution in [1.82, 2.24) is 15.3 Å². The topological polar surface area (TPSA) is 70.2 Å². The Balaban J connectivity index is 1.99. The lowest BCUT2D eigenvalue weighted by molar-refractivity contribution is 0.254. The maximum absolute atomic E-state index is 11.1. The highest BCUT2D eigenvalue weighted by atomic mass is 32.2. The molecule has 0 spiro atoms. The molecule has 2 amide bonds. The van der Waals surface area contributed by atoms with Gasteiger partial charge in [-0.15, -0.1) is 0 Å². The minimum atomic E-state index is -0.268. The van der Waals surface area contributed by atoms with E-state index in [2.05, 4.69) is 25.5 Å². The van der Waals surface area contributed by atoms with E-state index in [0.29, 0.717) is 5.69 Å². The fourth-order valence-corrected chi connectivity index (χ4v) is 2.41. The summed E-state index contributed by atoms with van der Waals surface area (Å²) >= 11 is 1.95. The van der Waals surface area contributed by atoms with Crippen LogP contribution in [0.15, 0.2) is 12.4 Å². The van der Waals surface area contributed by atoms with E-state index in [1.54, 1.807) is 19.4 Å². The summed E-state index contributed by atoms with van der Waals surface area (Å²) in [5, 5.41) is 5.10. The Bertz CT molecular complexity index is 377. The van der Waals surface area contributed by atoms with Crippen LogP contribution in [0.1, 0.15) is 0 Å². The second kappa shape index (κ2) is 5.72. The Morgan fingerprint density at radius 2 is 2.00 bits per heavy atom. The number of carbonyl (C=O) groups excluding carboxylic acids is 1. The molecular formula is C10H15N5OS. The SMILES string of the molecule is CNC(=O)Nc1cnc(N2CCSCC2)nc1. The fourth-order valence-electron chi connectivity index (χ4n) is 1.51. The van der Waals surface area contributed by atoms with Crippen LogP contribution in [0, 0.1) is 0 Å². The monoisotopic (exact) mass is 253 g/mol. The number of hydrogen-bond acceptors (Lipinski definition) is 5. The highest BCUT2D eigenvalue weighted by Crippen LogP contribution is 2.15. The van der Waals surface area contributed by atoms with E-state index >= 15 is 0 Å². The predicted octanol–water partition coefficient (Wildman–Crippen LogP) is 0.781. The Labute approximate surface area is 104 Å². The summed E-state index contributed by atoms with van der Waals surface area (Å²) in [5.74, 6) is 2.95. The van der Waals surface area contributed by atoms with Crippen molar-refractivity contribution in [2.24, 2.45) is 0 Å². The average Bonchev–Trinajstić information content (AvgIpc) is 2.40. The zero-order chi connectivity index (χ0) is 12.1. The average molecular weight is 253 g/mol. The summed E-state index contributed by atoms with van der Waals surface area (Å²) < 4.78 is 0. The van der Waals surface area contributed by atoms with E-state index in [9.17, 15) is 4.79 Å². The first-order valence-electron chi connectivity index (χ1n) is 5.43. The van der Waals surface area contributed by atoms with Crippen molar-refractivity contribution < 1.29 is 4.79 Å². The van der Waals surface area contributed by atoms with Gasteiger partial charge in [-0.25, -0.2) is 14.8 Å². The van der Waals surface area contributed by atoms with Gasteiger partial charge in [-0.05, 0) is 0 Å². The lowest BCUT2D eigenvalue weighted by Gasteiger charge is -2.26. The maximum Gasteiger partial charge on any atom is 0.319 e. The summed E-state index contributed by atoms with van der Waals surface area (Å²) in [6.07, 6.45) is 3.25. The molecule has 2 rings (SSSR count). The second-order valence-electron chi connectivity index (χ2n) is 3.58. The van der Waals surface area contributed by atoms with Crippen LogP contribution >= 0.6 is 11.8 Å².